The van der Waals surface area contributed by atoms with Gasteiger partial charge in [-0.1, -0.05) is 23.2 Å². The van der Waals surface area contributed by atoms with Crippen molar-refractivity contribution in [3.05, 3.63) is 74.7 Å². The van der Waals surface area contributed by atoms with Crippen LogP contribution in [-0.2, 0) is 11.3 Å². The number of carbonyl (C=O) groups is 1. The number of carbonyl (C=O) groups excluding carboxylic acids is 1. The van der Waals surface area contributed by atoms with Crippen LogP contribution in [0.5, 0.6) is 5.75 Å². The van der Waals surface area contributed by atoms with Gasteiger partial charge in [-0.15, -0.1) is 0 Å². The van der Waals surface area contributed by atoms with E-state index in [2.05, 4.69) is 11.8 Å². The molecule has 1 saturated heterocycles. The number of esters is 1. The van der Waals surface area contributed by atoms with Crippen LogP contribution >= 0.6 is 23.2 Å². The second kappa shape index (κ2) is 10.5. The third kappa shape index (κ3) is 6.99. The first kappa shape index (κ1) is 26.0. The van der Waals surface area contributed by atoms with Gasteiger partial charge in [0.2, 0.25) is 0 Å². The van der Waals surface area contributed by atoms with Crippen LogP contribution in [0.15, 0.2) is 42.2 Å². The number of benzene rings is 2. The minimum absolute atomic E-state index is 0.0420. The molecule has 4 rings (SSSR count). The summed E-state index contributed by atoms with van der Waals surface area (Å²) in [5.41, 5.74) is 2.32. The number of ether oxygens (including phenoxy) is 2. The lowest BCUT2D eigenvalue weighted by Gasteiger charge is -2.34. The van der Waals surface area contributed by atoms with E-state index in [1.165, 1.54) is 6.07 Å². The molecular weight excluding hydrogens is 488 g/mol. The number of rotatable bonds is 6. The summed E-state index contributed by atoms with van der Waals surface area (Å²) in [7, 11) is 0. The first-order valence-corrected chi connectivity index (χ1v) is 12.8. The van der Waals surface area contributed by atoms with Gasteiger partial charge >= 0.3 is 5.97 Å². The predicted octanol–water partition coefficient (Wildman–Crippen LogP) is 7.91. The Hall–Kier alpha value is -2.08. The number of piperidine rings is 1. The smallest absolute Gasteiger partial charge is 0.341 e. The van der Waals surface area contributed by atoms with Crippen LogP contribution in [0.4, 0.5) is 4.39 Å². The average Bonchev–Trinajstić information content (AvgIpc) is 3.57. The monoisotopic (exact) mass is 519 g/mol. The molecular formula is C28H32Cl2FNO3. The lowest BCUT2D eigenvalue weighted by molar-refractivity contribution is 0.00645. The lowest BCUT2D eigenvalue weighted by atomic mass is 9.99. The highest BCUT2D eigenvalue weighted by atomic mass is 35.5. The van der Waals surface area contributed by atoms with Crippen LogP contribution in [0.1, 0.15) is 80.8 Å². The molecule has 1 saturated carbocycles. The number of halogens is 3. The van der Waals surface area contributed by atoms with Crippen molar-refractivity contribution >= 4 is 29.2 Å². The quantitative estimate of drug-likeness (QED) is 0.287. The van der Waals surface area contributed by atoms with Gasteiger partial charge in [0.1, 0.15) is 17.2 Å². The van der Waals surface area contributed by atoms with Crippen molar-refractivity contribution in [3.8, 4) is 5.75 Å². The number of hydrogen-bond acceptors (Lipinski definition) is 4. The molecule has 2 aliphatic rings. The Bertz CT molecular complexity index is 1120. The second-order valence-electron chi connectivity index (χ2n) is 10.6. The molecule has 2 fully saturated rings. The molecule has 1 heterocycles. The molecule has 0 amide bonds. The van der Waals surface area contributed by atoms with Crippen molar-refractivity contribution in [2.24, 2.45) is 0 Å². The van der Waals surface area contributed by atoms with E-state index in [4.69, 9.17) is 32.7 Å². The Morgan fingerprint density at radius 1 is 1.11 bits per heavy atom. The SMILES string of the molecule is C[C@@H]1CC/C(=C/Oc2cc(F)c(C(=O)OC(C)(C)C)cc2C2CC2)CN1Cc1cc(Cl)cc(Cl)c1. The fraction of sp³-hybridized carbons (Fsp3) is 0.464. The van der Waals surface area contributed by atoms with Crippen molar-refractivity contribution in [2.45, 2.75) is 77.5 Å². The Morgan fingerprint density at radius 3 is 2.43 bits per heavy atom. The van der Waals surface area contributed by atoms with E-state index in [-0.39, 0.29) is 11.5 Å². The normalized spacial score (nSPS) is 20.2. The van der Waals surface area contributed by atoms with Crippen molar-refractivity contribution in [3.63, 3.8) is 0 Å². The van der Waals surface area contributed by atoms with Gasteiger partial charge in [0.05, 0.1) is 11.8 Å². The molecule has 2 aromatic rings. The molecule has 0 spiro atoms. The molecule has 0 aromatic heterocycles. The van der Waals surface area contributed by atoms with Crippen molar-refractivity contribution in [1.29, 1.82) is 0 Å². The number of likely N-dealkylation sites (tertiary alicyclic amines) is 1. The molecule has 1 aliphatic carbocycles. The van der Waals surface area contributed by atoms with Crippen molar-refractivity contribution in [2.75, 3.05) is 6.54 Å². The summed E-state index contributed by atoms with van der Waals surface area (Å²) in [6.07, 6.45) is 5.65. The summed E-state index contributed by atoms with van der Waals surface area (Å²) >= 11 is 12.4. The first-order chi connectivity index (χ1) is 16.5. The molecule has 2 aromatic carbocycles. The molecule has 7 heteroatoms. The van der Waals surface area contributed by atoms with E-state index in [1.54, 1.807) is 39.2 Å². The maximum atomic E-state index is 14.9. The van der Waals surface area contributed by atoms with Gasteiger partial charge in [0.15, 0.2) is 0 Å². The standard InChI is InChI=1S/C28H32Cl2FNO3/c1-17-5-6-18(14-32(17)15-19-9-21(29)11-22(30)10-19)16-34-26-13-25(31)24(12-23(26)20-7-8-20)27(33)35-28(2,3)4/h9-13,16-17,20H,5-8,14-15H2,1-4H3/b18-16-/t17-/m1/s1. The van der Waals surface area contributed by atoms with Crippen LogP contribution in [-0.4, -0.2) is 29.1 Å². The third-order valence-electron chi connectivity index (χ3n) is 6.31. The lowest BCUT2D eigenvalue weighted by Crippen LogP contribution is -2.38. The second-order valence-corrected chi connectivity index (χ2v) is 11.5. The van der Waals surface area contributed by atoms with Gasteiger partial charge in [-0.25, -0.2) is 9.18 Å². The van der Waals surface area contributed by atoms with Crippen molar-refractivity contribution < 1.29 is 18.7 Å². The number of nitrogens with zero attached hydrogens (tertiary/aromatic N) is 1. The summed E-state index contributed by atoms with van der Waals surface area (Å²) in [5, 5.41) is 1.25. The van der Waals surface area contributed by atoms with Crippen LogP contribution < -0.4 is 4.74 Å². The van der Waals surface area contributed by atoms with Gasteiger partial charge in [0, 0.05) is 35.2 Å². The highest BCUT2D eigenvalue weighted by Crippen LogP contribution is 2.45. The van der Waals surface area contributed by atoms with Crippen molar-refractivity contribution in [1.82, 2.24) is 4.90 Å². The van der Waals surface area contributed by atoms with Gasteiger partial charge < -0.3 is 9.47 Å². The molecule has 0 N–H and O–H groups in total. The van der Waals surface area contributed by atoms with E-state index in [1.807, 2.05) is 12.1 Å². The predicted molar refractivity (Wildman–Crippen MR) is 138 cm³/mol. The molecule has 0 bridgehead atoms. The van der Waals surface area contributed by atoms with Crippen LogP contribution in [0.3, 0.4) is 0 Å². The fourth-order valence-corrected chi connectivity index (χ4v) is 4.91. The van der Waals surface area contributed by atoms with E-state index in [9.17, 15) is 9.18 Å². The first-order valence-electron chi connectivity index (χ1n) is 12.1. The van der Waals surface area contributed by atoms with Crippen LogP contribution in [0.2, 0.25) is 10.0 Å². The fourth-order valence-electron chi connectivity index (χ4n) is 4.34. The molecule has 0 radical (unpaired) electrons. The van der Waals surface area contributed by atoms with Gasteiger partial charge in [0.25, 0.3) is 0 Å². The Balaban J connectivity index is 1.50. The summed E-state index contributed by atoms with van der Waals surface area (Å²) in [4.78, 5) is 14.9. The summed E-state index contributed by atoms with van der Waals surface area (Å²) in [5.74, 6) is -0.536. The van der Waals surface area contributed by atoms with E-state index in [0.29, 0.717) is 21.8 Å². The Morgan fingerprint density at radius 2 is 1.80 bits per heavy atom. The third-order valence-corrected chi connectivity index (χ3v) is 6.75. The molecule has 1 atom stereocenters. The summed E-state index contributed by atoms with van der Waals surface area (Å²) in [6, 6.07) is 8.93. The zero-order valence-corrected chi connectivity index (χ0v) is 22.2. The van der Waals surface area contributed by atoms with Gasteiger partial charge in [-0.05, 0) is 100 Å². The minimum atomic E-state index is -0.691. The van der Waals surface area contributed by atoms with Crippen LogP contribution in [0.25, 0.3) is 0 Å². The number of hydrogen-bond donors (Lipinski definition) is 0. The zero-order valence-electron chi connectivity index (χ0n) is 20.7. The highest BCUT2D eigenvalue weighted by Gasteiger charge is 2.31. The molecule has 188 valence electrons. The summed E-state index contributed by atoms with van der Waals surface area (Å²) < 4.78 is 26.3. The Labute approximate surface area is 217 Å². The molecule has 0 unspecified atom stereocenters. The molecule has 35 heavy (non-hydrogen) atoms. The van der Waals surface area contributed by atoms with E-state index >= 15 is 0 Å². The minimum Gasteiger partial charge on any atom is -0.465 e. The van der Waals surface area contributed by atoms with Gasteiger partial charge in [-0.2, -0.15) is 0 Å². The average molecular weight is 520 g/mol. The Kier molecular flexibility index (Phi) is 7.80. The summed E-state index contributed by atoms with van der Waals surface area (Å²) in [6.45, 7) is 8.98. The topological polar surface area (TPSA) is 38.8 Å². The molecule has 4 nitrogen and oxygen atoms in total. The van der Waals surface area contributed by atoms with E-state index < -0.39 is 17.4 Å². The largest absolute Gasteiger partial charge is 0.465 e. The van der Waals surface area contributed by atoms with E-state index in [0.717, 1.165) is 55.5 Å². The van der Waals surface area contributed by atoms with Gasteiger partial charge in [-0.3, -0.25) is 4.90 Å². The maximum absolute atomic E-state index is 14.9. The zero-order chi connectivity index (χ0) is 25.3. The maximum Gasteiger partial charge on any atom is 0.341 e. The molecule has 1 aliphatic heterocycles. The highest BCUT2D eigenvalue weighted by molar-refractivity contribution is 6.34. The van der Waals surface area contributed by atoms with Crippen LogP contribution in [0, 0.1) is 5.82 Å².